The zero-order chi connectivity index (χ0) is 10.8. The van der Waals surface area contributed by atoms with Crippen molar-refractivity contribution in [2.24, 2.45) is 0 Å². The van der Waals surface area contributed by atoms with Crippen LogP contribution in [0, 0.1) is 0 Å². The lowest BCUT2D eigenvalue weighted by Gasteiger charge is -2.42. The molecule has 1 aliphatic rings. The lowest BCUT2D eigenvalue weighted by molar-refractivity contribution is -0.154. The number of carbonyl (C=O) groups is 1. The highest BCUT2D eigenvalue weighted by molar-refractivity contribution is 5.76. The van der Waals surface area contributed by atoms with E-state index in [1.54, 1.807) is 7.11 Å². The number of nitrogens with zero attached hydrogens (tertiary/aromatic N) is 1. The van der Waals surface area contributed by atoms with Gasteiger partial charge in [-0.3, -0.25) is 9.69 Å². The van der Waals surface area contributed by atoms with Gasteiger partial charge in [0.2, 0.25) is 0 Å². The van der Waals surface area contributed by atoms with Crippen molar-refractivity contribution in [2.45, 2.75) is 31.9 Å². The van der Waals surface area contributed by atoms with Gasteiger partial charge < -0.3 is 9.47 Å². The lowest BCUT2D eigenvalue weighted by Crippen LogP contribution is -2.57. The smallest absolute Gasteiger partial charge is 0.323 e. The summed E-state index contributed by atoms with van der Waals surface area (Å²) in [4.78, 5) is 13.4. The summed E-state index contributed by atoms with van der Waals surface area (Å²) >= 11 is 0. The van der Waals surface area contributed by atoms with Crippen molar-refractivity contribution in [3.8, 4) is 0 Å². The molecule has 4 nitrogen and oxygen atoms in total. The van der Waals surface area contributed by atoms with E-state index in [9.17, 15) is 4.79 Å². The van der Waals surface area contributed by atoms with Gasteiger partial charge in [-0.05, 0) is 20.3 Å². The molecule has 14 heavy (non-hydrogen) atoms. The molecule has 1 aliphatic heterocycles. The summed E-state index contributed by atoms with van der Waals surface area (Å²) in [5.41, 5.74) is -0.202. The maximum absolute atomic E-state index is 11.3. The Balaban J connectivity index is 2.44. The van der Waals surface area contributed by atoms with E-state index in [4.69, 9.17) is 9.47 Å². The largest absolute Gasteiger partial charge is 0.468 e. The van der Waals surface area contributed by atoms with Crippen LogP contribution in [0.4, 0.5) is 0 Å². The standard InChI is InChI=1S/C10H19NO3/c1-10(2,14-4)7-11-6-5-8(11)9(12)13-3/h8H,5-7H2,1-4H3. The number of hydrogen-bond donors (Lipinski definition) is 0. The third-order valence-corrected chi connectivity index (χ3v) is 2.74. The highest BCUT2D eigenvalue weighted by Gasteiger charge is 2.37. The zero-order valence-electron chi connectivity index (χ0n) is 9.37. The first-order chi connectivity index (χ1) is 6.50. The van der Waals surface area contributed by atoms with Crippen LogP contribution in [0.1, 0.15) is 20.3 Å². The van der Waals surface area contributed by atoms with E-state index in [2.05, 4.69) is 4.90 Å². The summed E-state index contributed by atoms with van der Waals surface area (Å²) in [6.45, 7) is 5.75. The van der Waals surface area contributed by atoms with Gasteiger partial charge in [0.15, 0.2) is 0 Å². The highest BCUT2D eigenvalue weighted by Crippen LogP contribution is 2.22. The monoisotopic (exact) mass is 201 g/mol. The normalized spacial score (nSPS) is 23.0. The fourth-order valence-corrected chi connectivity index (χ4v) is 1.59. The Morgan fingerprint density at radius 2 is 2.14 bits per heavy atom. The molecular weight excluding hydrogens is 182 g/mol. The first-order valence-corrected chi connectivity index (χ1v) is 4.87. The summed E-state index contributed by atoms with van der Waals surface area (Å²) in [6.07, 6.45) is 0.895. The lowest BCUT2D eigenvalue weighted by atomic mass is 9.99. The van der Waals surface area contributed by atoms with Gasteiger partial charge >= 0.3 is 5.97 Å². The number of methoxy groups -OCH3 is 2. The topological polar surface area (TPSA) is 38.8 Å². The van der Waals surface area contributed by atoms with Gasteiger partial charge in [-0.15, -0.1) is 0 Å². The molecule has 0 bridgehead atoms. The Bertz CT molecular complexity index is 215. The van der Waals surface area contributed by atoms with Crippen LogP contribution in [0.2, 0.25) is 0 Å². The Hall–Kier alpha value is -0.610. The van der Waals surface area contributed by atoms with Crippen molar-refractivity contribution in [3.63, 3.8) is 0 Å². The molecule has 1 unspecified atom stereocenters. The number of hydrogen-bond acceptors (Lipinski definition) is 4. The average molecular weight is 201 g/mol. The van der Waals surface area contributed by atoms with Crippen molar-refractivity contribution < 1.29 is 14.3 Å². The first kappa shape index (κ1) is 11.5. The molecule has 1 rings (SSSR count). The number of carbonyl (C=O) groups excluding carboxylic acids is 1. The molecule has 1 atom stereocenters. The van der Waals surface area contributed by atoms with Crippen LogP contribution < -0.4 is 0 Å². The molecule has 4 heteroatoms. The maximum Gasteiger partial charge on any atom is 0.323 e. The molecule has 1 saturated heterocycles. The Morgan fingerprint density at radius 1 is 1.50 bits per heavy atom. The Kier molecular flexibility index (Phi) is 3.50. The van der Waals surface area contributed by atoms with E-state index in [1.165, 1.54) is 7.11 Å². The van der Waals surface area contributed by atoms with Gasteiger partial charge in [0.1, 0.15) is 6.04 Å². The van der Waals surface area contributed by atoms with E-state index >= 15 is 0 Å². The Morgan fingerprint density at radius 3 is 2.50 bits per heavy atom. The molecule has 0 amide bonds. The third-order valence-electron chi connectivity index (χ3n) is 2.74. The fourth-order valence-electron chi connectivity index (χ4n) is 1.59. The average Bonchev–Trinajstić information content (AvgIpc) is 2.12. The summed E-state index contributed by atoms with van der Waals surface area (Å²) in [5, 5.41) is 0. The predicted molar refractivity (Wildman–Crippen MR) is 53.1 cm³/mol. The molecule has 0 aromatic rings. The summed E-state index contributed by atoms with van der Waals surface area (Å²) < 4.78 is 10.0. The van der Waals surface area contributed by atoms with Crippen molar-refractivity contribution >= 4 is 5.97 Å². The third kappa shape index (κ3) is 2.45. The van der Waals surface area contributed by atoms with Gasteiger partial charge in [-0.2, -0.15) is 0 Å². The SMILES string of the molecule is COC(=O)C1CCN1CC(C)(C)OC. The van der Waals surface area contributed by atoms with Crippen molar-refractivity contribution in [3.05, 3.63) is 0 Å². The second-order valence-electron chi connectivity index (χ2n) is 4.26. The molecule has 0 radical (unpaired) electrons. The van der Waals surface area contributed by atoms with Crippen LogP contribution >= 0.6 is 0 Å². The number of esters is 1. The van der Waals surface area contributed by atoms with E-state index in [-0.39, 0.29) is 17.6 Å². The van der Waals surface area contributed by atoms with Gasteiger partial charge in [-0.25, -0.2) is 0 Å². The van der Waals surface area contributed by atoms with E-state index < -0.39 is 0 Å². The molecule has 1 heterocycles. The fraction of sp³-hybridized carbons (Fsp3) is 0.900. The summed E-state index contributed by atoms with van der Waals surface area (Å²) in [7, 11) is 3.12. The second kappa shape index (κ2) is 4.28. The highest BCUT2D eigenvalue weighted by atomic mass is 16.5. The predicted octanol–water partition coefficient (Wildman–Crippen LogP) is 0.659. The van der Waals surface area contributed by atoms with Gasteiger partial charge in [0.05, 0.1) is 12.7 Å². The first-order valence-electron chi connectivity index (χ1n) is 4.87. The second-order valence-corrected chi connectivity index (χ2v) is 4.26. The van der Waals surface area contributed by atoms with E-state index in [1.807, 2.05) is 13.8 Å². The quantitative estimate of drug-likeness (QED) is 0.626. The van der Waals surface area contributed by atoms with Crippen LogP contribution in [0.15, 0.2) is 0 Å². The van der Waals surface area contributed by atoms with Crippen LogP contribution in [0.5, 0.6) is 0 Å². The van der Waals surface area contributed by atoms with Gasteiger partial charge in [-0.1, -0.05) is 0 Å². The van der Waals surface area contributed by atoms with Crippen LogP contribution in [0.3, 0.4) is 0 Å². The van der Waals surface area contributed by atoms with Crippen LogP contribution in [-0.2, 0) is 14.3 Å². The van der Waals surface area contributed by atoms with Crippen molar-refractivity contribution in [2.75, 3.05) is 27.3 Å². The minimum absolute atomic E-state index is 0.0607. The van der Waals surface area contributed by atoms with Gasteiger partial charge in [0.25, 0.3) is 0 Å². The van der Waals surface area contributed by atoms with E-state index in [0.29, 0.717) is 0 Å². The zero-order valence-corrected chi connectivity index (χ0v) is 9.37. The molecular formula is C10H19NO3. The molecule has 0 aliphatic carbocycles. The minimum Gasteiger partial charge on any atom is -0.468 e. The summed E-state index contributed by atoms with van der Waals surface area (Å²) in [6, 6.07) is -0.0607. The molecule has 0 aromatic heterocycles. The maximum atomic E-state index is 11.3. The number of likely N-dealkylation sites (tertiary alicyclic amines) is 1. The molecule has 1 fully saturated rings. The number of ether oxygens (including phenoxy) is 2. The van der Waals surface area contributed by atoms with Crippen LogP contribution in [-0.4, -0.2) is 49.8 Å². The molecule has 0 saturated carbocycles. The minimum atomic E-state index is -0.202. The molecule has 0 aromatic carbocycles. The molecule has 0 N–H and O–H groups in total. The van der Waals surface area contributed by atoms with Crippen molar-refractivity contribution in [1.29, 1.82) is 0 Å². The number of rotatable bonds is 4. The van der Waals surface area contributed by atoms with E-state index in [0.717, 1.165) is 19.5 Å². The molecule has 0 spiro atoms. The molecule has 82 valence electrons. The van der Waals surface area contributed by atoms with Crippen LogP contribution in [0.25, 0.3) is 0 Å². The van der Waals surface area contributed by atoms with Gasteiger partial charge in [0, 0.05) is 20.2 Å². The van der Waals surface area contributed by atoms with Crippen molar-refractivity contribution in [1.82, 2.24) is 4.90 Å². The summed E-state index contributed by atoms with van der Waals surface area (Å²) in [5.74, 6) is -0.136. The Labute approximate surface area is 85.2 Å².